The van der Waals surface area contributed by atoms with E-state index in [0.717, 1.165) is 43.3 Å². The Balaban J connectivity index is 2.08. The second-order valence-corrected chi connectivity index (χ2v) is 5.44. The summed E-state index contributed by atoms with van der Waals surface area (Å²) in [6.45, 7) is 4.06. The first kappa shape index (κ1) is 14.6. The second kappa shape index (κ2) is 6.09. The van der Waals surface area contributed by atoms with Crippen LogP contribution in [0.25, 0.3) is 6.08 Å². The molecule has 4 heteroatoms. The lowest BCUT2D eigenvalue weighted by Crippen LogP contribution is -2.47. The number of carboxylic acid groups (broad SMARTS) is 1. The molecule has 1 unspecified atom stereocenters. The van der Waals surface area contributed by atoms with Crippen molar-refractivity contribution in [2.75, 3.05) is 25.1 Å². The molecule has 4 nitrogen and oxygen atoms in total. The molecule has 2 rings (SSSR count). The van der Waals surface area contributed by atoms with E-state index in [4.69, 9.17) is 9.84 Å². The first-order chi connectivity index (χ1) is 9.52. The molecule has 1 aromatic carbocycles. The fourth-order valence-electron chi connectivity index (χ4n) is 2.56. The van der Waals surface area contributed by atoms with Gasteiger partial charge in [0.05, 0.1) is 5.60 Å². The van der Waals surface area contributed by atoms with Crippen molar-refractivity contribution in [2.24, 2.45) is 0 Å². The number of hydrogen-bond acceptors (Lipinski definition) is 3. The predicted molar refractivity (Wildman–Crippen MR) is 80.0 cm³/mol. The molecule has 0 saturated carbocycles. The number of piperidine rings is 1. The van der Waals surface area contributed by atoms with E-state index in [9.17, 15) is 4.79 Å². The lowest BCUT2D eigenvalue weighted by molar-refractivity contribution is -0.131. The Morgan fingerprint density at radius 3 is 2.70 bits per heavy atom. The van der Waals surface area contributed by atoms with E-state index in [1.807, 2.05) is 24.3 Å². The molecule has 0 bridgehead atoms. The maximum absolute atomic E-state index is 10.5. The van der Waals surface area contributed by atoms with Gasteiger partial charge >= 0.3 is 5.97 Å². The van der Waals surface area contributed by atoms with E-state index in [-0.39, 0.29) is 5.60 Å². The third-order valence-electron chi connectivity index (χ3n) is 3.83. The summed E-state index contributed by atoms with van der Waals surface area (Å²) in [5.74, 6) is -0.930. The normalized spacial score (nSPS) is 23.2. The molecule has 1 atom stereocenters. The van der Waals surface area contributed by atoms with E-state index in [1.54, 1.807) is 13.2 Å². The highest BCUT2D eigenvalue weighted by Gasteiger charge is 2.30. The number of benzene rings is 1. The van der Waals surface area contributed by atoms with Gasteiger partial charge in [0, 0.05) is 32.0 Å². The van der Waals surface area contributed by atoms with Crippen LogP contribution in [-0.2, 0) is 9.53 Å². The molecule has 0 aromatic heterocycles. The van der Waals surface area contributed by atoms with Crippen LogP contribution >= 0.6 is 0 Å². The molecule has 0 spiro atoms. The Morgan fingerprint density at radius 2 is 2.10 bits per heavy atom. The van der Waals surface area contributed by atoms with E-state index in [2.05, 4.69) is 11.8 Å². The fraction of sp³-hybridized carbons (Fsp3) is 0.438. The maximum Gasteiger partial charge on any atom is 0.328 e. The van der Waals surface area contributed by atoms with Crippen LogP contribution in [0.2, 0.25) is 0 Å². The van der Waals surface area contributed by atoms with Crippen molar-refractivity contribution in [3.63, 3.8) is 0 Å². The smallest absolute Gasteiger partial charge is 0.328 e. The van der Waals surface area contributed by atoms with Gasteiger partial charge in [0.1, 0.15) is 0 Å². The Hall–Kier alpha value is -1.81. The third-order valence-corrected chi connectivity index (χ3v) is 3.83. The minimum atomic E-state index is -0.930. The standard InChI is InChI=1S/C16H21NO3/c1-16(20-2)10-3-11-17(12-16)14-7-4-13(5-8-14)6-9-15(18)19/h4-9H,3,10-12H2,1-2H3,(H,18,19)/b9-6+. The fourth-order valence-corrected chi connectivity index (χ4v) is 2.56. The van der Waals surface area contributed by atoms with E-state index >= 15 is 0 Å². The molecule has 0 radical (unpaired) electrons. The largest absolute Gasteiger partial charge is 0.478 e. The molecule has 1 aromatic rings. The first-order valence-electron chi connectivity index (χ1n) is 6.84. The molecular formula is C16H21NO3. The van der Waals surface area contributed by atoms with Gasteiger partial charge in [0.2, 0.25) is 0 Å². The minimum Gasteiger partial charge on any atom is -0.478 e. The summed E-state index contributed by atoms with van der Waals surface area (Å²) in [4.78, 5) is 12.8. The van der Waals surface area contributed by atoms with E-state index < -0.39 is 5.97 Å². The number of rotatable bonds is 4. The first-order valence-corrected chi connectivity index (χ1v) is 6.84. The van der Waals surface area contributed by atoms with Crippen LogP contribution in [0.4, 0.5) is 5.69 Å². The van der Waals surface area contributed by atoms with Crippen LogP contribution in [0.5, 0.6) is 0 Å². The van der Waals surface area contributed by atoms with Crippen LogP contribution in [0.3, 0.4) is 0 Å². The number of aliphatic carboxylic acids is 1. The van der Waals surface area contributed by atoms with Gasteiger partial charge in [-0.2, -0.15) is 0 Å². The van der Waals surface area contributed by atoms with Crippen LogP contribution in [0.1, 0.15) is 25.3 Å². The lowest BCUT2D eigenvalue weighted by Gasteiger charge is -2.40. The molecule has 0 amide bonds. The third kappa shape index (κ3) is 3.61. The number of hydrogen-bond donors (Lipinski definition) is 1. The molecule has 0 aliphatic carbocycles. The maximum atomic E-state index is 10.5. The van der Waals surface area contributed by atoms with Crippen LogP contribution in [0.15, 0.2) is 30.3 Å². The average molecular weight is 275 g/mol. The Bertz CT molecular complexity index is 495. The van der Waals surface area contributed by atoms with E-state index in [1.165, 1.54) is 0 Å². The van der Waals surface area contributed by atoms with Gasteiger partial charge in [-0.1, -0.05) is 12.1 Å². The van der Waals surface area contributed by atoms with Gasteiger partial charge in [-0.25, -0.2) is 4.79 Å². The zero-order valence-corrected chi connectivity index (χ0v) is 12.0. The van der Waals surface area contributed by atoms with Crippen molar-refractivity contribution in [1.82, 2.24) is 0 Å². The van der Waals surface area contributed by atoms with Crippen LogP contribution < -0.4 is 4.90 Å². The van der Waals surface area contributed by atoms with Gasteiger partial charge in [-0.15, -0.1) is 0 Å². The van der Waals surface area contributed by atoms with Crippen molar-refractivity contribution in [2.45, 2.75) is 25.4 Å². The number of ether oxygens (including phenoxy) is 1. The van der Waals surface area contributed by atoms with E-state index in [0.29, 0.717) is 0 Å². The highest BCUT2D eigenvalue weighted by Crippen LogP contribution is 2.28. The topological polar surface area (TPSA) is 49.8 Å². The molecule has 1 aliphatic rings. The van der Waals surface area contributed by atoms with Gasteiger partial charge in [0.15, 0.2) is 0 Å². The zero-order valence-electron chi connectivity index (χ0n) is 12.0. The number of anilines is 1. The van der Waals surface area contributed by atoms with Crippen molar-refractivity contribution < 1.29 is 14.6 Å². The van der Waals surface area contributed by atoms with Crippen molar-refractivity contribution >= 4 is 17.7 Å². The SMILES string of the molecule is COC1(C)CCCN(c2ccc(/C=C/C(=O)O)cc2)C1. The van der Waals surface area contributed by atoms with Crippen molar-refractivity contribution in [3.8, 4) is 0 Å². The monoisotopic (exact) mass is 275 g/mol. The predicted octanol–water partition coefficient (Wildman–Crippen LogP) is 2.79. The summed E-state index contributed by atoms with van der Waals surface area (Å²) in [5.41, 5.74) is 1.96. The van der Waals surface area contributed by atoms with Gasteiger partial charge in [0.25, 0.3) is 0 Å². The average Bonchev–Trinajstić information content (AvgIpc) is 2.46. The van der Waals surface area contributed by atoms with Crippen LogP contribution in [-0.4, -0.2) is 36.9 Å². The minimum absolute atomic E-state index is 0.0832. The van der Waals surface area contributed by atoms with Gasteiger partial charge in [-0.05, 0) is 43.5 Å². The lowest BCUT2D eigenvalue weighted by atomic mass is 9.94. The summed E-state index contributed by atoms with van der Waals surface area (Å²) in [6, 6.07) is 7.94. The molecular weight excluding hydrogens is 254 g/mol. The molecule has 1 fully saturated rings. The summed E-state index contributed by atoms with van der Waals surface area (Å²) in [7, 11) is 1.77. The number of carboxylic acids is 1. The second-order valence-electron chi connectivity index (χ2n) is 5.44. The molecule has 20 heavy (non-hydrogen) atoms. The molecule has 1 N–H and O–H groups in total. The van der Waals surface area contributed by atoms with Gasteiger partial charge in [-0.3, -0.25) is 0 Å². The summed E-state index contributed by atoms with van der Waals surface area (Å²) in [5, 5.41) is 8.61. The zero-order chi connectivity index (χ0) is 14.6. The Kier molecular flexibility index (Phi) is 4.45. The summed E-state index contributed by atoms with van der Waals surface area (Å²) < 4.78 is 5.60. The highest BCUT2D eigenvalue weighted by molar-refractivity contribution is 5.85. The molecule has 1 heterocycles. The molecule has 108 valence electrons. The summed E-state index contributed by atoms with van der Waals surface area (Å²) >= 11 is 0. The number of nitrogens with zero attached hydrogens (tertiary/aromatic N) is 1. The van der Waals surface area contributed by atoms with Gasteiger partial charge < -0.3 is 14.7 Å². The van der Waals surface area contributed by atoms with Crippen molar-refractivity contribution in [1.29, 1.82) is 0 Å². The molecule has 1 saturated heterocycles. The highest BCUT2D eigenvalue weighted by atomic mass is 16.5. The number of methoxy groups -OCH3 is 1. The Morgan fingerprint density at radius 1 is 1.40 bits per heavy atom. The van der Waals surface area contributed by atoms with Crippen LogP contribution in [0, 0.1) is 0 Å². The molecule has 1 aliphatic heterocycles. The quantitative estimate of drug-likeness (QED) is 0.858. The Labute approximate surface area is 119 Å². The summed E-state index contributed by atoms with van der Waals surface area (Å²) in [6.07, 6.45) is 4.95. The number of carbonyl (C=O) groups is 1. The van der Waals surface area contributed by atoms with Crippen molar-refractivity contribution in [3.05, 3.63) is 35.9 Å².